The number of nitrogens with zero attached hydrogens (tertiary/aromatic N) is 1. The van der Waals surface area contributed by atoms with Crippen molar-refractivity contribution in [3.63, 3.8) is 0 Å². The molecule has 0 radical (unpaired) electrons. The molecule has 0 atom stereocenters. The number of halogens is 1. The molecule has 21 heavy (non-hydrogen) atoms. The summed E-state index contributed by atoms with van der Waals surface area (Å²) < 4.78 is 13.0. The van der Waals surface area contributed by atoms with Crippen LogP contribution in [0.2, 0.25) is 0 Å². The zero-order valence-electron chi connectivity index (χ0n) is 12.1. The monoisotopic (exact) mass is 287 g/mol. The third-order valence-electron chi connectivity index (χ3n) is 2.99. The Morgan fingerprint density at radius 3 is 2.48 bits per heavy atom. The van der Waals surface area contributed by atoms with Gasteiger partial charge in [-0.3, -0.25) is 0 Å². The Kier molecular flexibility index (Phi) is 4.77. The number of carbonyl (C=O) groups is 1. The number of amides is 2. The molecule has 5 heteroatoms. The predicted octanol–water partition coefficient (Wildman–Crippen LogP) is 3.21. The Bertz CT molecular complexity index is 611. The van der Waals surface area contributed by atoms with Gasteiger partial charge in [-0.15, -0.1) is 0 Å². The van der Waals surface area contributed by atoms with Crippen LogP contribution in [0.3, 0.4) is 0 Å². The number of anilines is 2. The maximum absolute atomic E-state index is 13.0. The second kappa shape index (κ2) is 6.74. The van der Waals surface area contributed by atoms with Gasteiger partial charge in [-0.2, -0.15) is 0 Å². The number of hydrogen-bond acceptors (Lipinski definition) is 2. The average molecular weight is 287 g/mol. The molecule has 0 aromatic heterocycles. The summed E-state index contributed by atoms with van der Waals surface area (Å²) in [6, 6.07) is 13.3. The van der Waals surface area contributed by atoms with Crippen molar-refractivity contribution < 1.29 is 9.18 Å². The lowest BCUT2D eigenvalue weighted by molar-refractivity contribution is 0.251. The van der Waals surface area contributed by atoms with Gasteiger partial charge in [-0.1, -0.05) is 18.2 Å². The van der Waals surface area contributed by atoms with Crippen LogP contribution in [0.25, 0.3) is 0 Å². The minimum absolute atomic E-state index is 0.364. The number of carbonyl (C=O) groups excluding carboxylic acids is 1. The van der Waals surface area contributed by atoms with Crippen molar-refractivity contribution in [1.29, 1.82) is 0 Å². The molecule has 110 valence electrons. The lowest BCUT2D eigenvalue weighted by Gasteiger charge is -2.13. The summed E-state index contributed by atoms with van der Waals surface area (Å²) in [6.45, 7) is 0.412. The molecule has 0 saturated heterocycles. The van der Waals surface area contributed by atoms with Crippen molar-refractivity contribution in [2.45, 2.75) is 6.54 Å². The van der Waals surface area contributed by atoms with Gasteiger partial charge in [0.25, 0.3) is 0 Å². The van der Waals surface area contributed by atoms with Crippen molar-refractivity contribution in [3.05, 3.63) is 59.9 Å². The Labute approximate surface area is 123 Å². The minimum atomic E-state index is -0.382. The van der Waals surface area contributed by atoms with Gasteiger partial charge in [-0.25, -0.2) is 9.18 Å². The first kappa shape index (κ1) is 14.8. The second-order valence-corrected chi connectivity index (χ2v) is 4.88. The highest BCUT2D eigenvalue weighted by Crippen LogP contribution is 2.12. The van der Waals surface area contributed by atoms with Gasteiger partial charge in [-0.05, 0) is 35.9 Å². The summed E-state index contributed by atoms with van der Waals surface area (Å²) in [4.78, 5) is 13.7. The Balaban J connectivity index is 1.86. The number of urea groups is 1. The van der Waals surface area contributed by atoms with Crippen LogP contribution < -0.4 is 15.5 Å². The zero-order chi connectivity index (χ0) is 15.2. The molecule has 0 fully saturated rings. The molecule has 0 aliphatic carbocycles. The highest BCUT2D eigenvalue weighted by molar-refractivity contribution is 5.89. The molecule has 0 spiro atoms. The number of nitrogens with one attached hydrogen (secondary N) is 2. The first-order valence-electron chi connectivity index (χ1n) is 6.61. The number of hydrogen-bond donors (Lipinski definition) is 2. The fourth-order valence-electron chi connectivity index (χ4n) is 1.84. The lowest BCUT2D eigenvalue weighted by atomic mass is 10.2. The zero-order valence-corrected chi connectivity index (χ0v) is 12.1. The van der Waals surface area contributed by atoms with Crippen molar-refractivity contribution >= 4 is 17.4 Å². The molecule has 0 aliphatic heterocycles. The van der Waals surface area contributed by atoms with Crippen LogP contribution in [-0.2, 0) is 6.54 Å². The largest absolute Gasteiger partial charge is 0.378 e. The standard InChI is InChI=1S/C16H18FN3O/c1-20(2)15-8-6-12(7-9-15)11-18-16(21)19-14-5-3-4-13(17)10-14/h3-10H,11H2,1-2H3,(H2,18,19,21). The topological polar surface area (TPSA) is 44.4 Å². The third-order valence-corrected chi connectivity index (χ3v) is 2.99. The summed E-state index contributed by atoms with van der Waals surface area (Å²) >= 11 is 0. The SMILES string of the molecule is CN(C)c1ccc(CNC(=O)Nc2cccc(F)c2)cc1. The summed E-state index contributed by atoms with van der Waals surface area (Å²) in [5, 5.41) is 5.31. The Morgan fingerprint density at radius 2 is 1.86 bits per heavy atom. The van der Waals surface area contributed by atoms with E-state index in [0.29, 0.717) is 12.2 Å². The quantitative estimate of drug-likeness (QED) is 0.907. The predicted molar refractivity (Wildman–Crippen MR) is 83.0 cm³/mol. The molecule has 2 N–H and O–H groups in total. The molecule has 2 aromatic carbocycles. The molecule has 0 bridgehead atoms. The average Bonchev–Trinajstić information content (AvgIpc) is 2.45. The van der Waals surface area contributed by atoms with Gasteiger partial charge in [0, 0.05) is 32.0 Å². The summed E-state index contributed by atoms with van der Waals surface area (Å²) in [7, 11) is 3.94. The van der Waals surface area contributed by atoms with Gasteiger partial charge in [0.05, 0.1) is 0 Å². The molecule has 0 unspecified atom stereocenters. The van der Waals surface area contributed by atoms with E-state index in [2.05, 4.69) is 10.6 Å². The molecular formula is C16H18FN3O. The Hall–Kier alpha value is -2.56. The van der Waals surface area contributed by atoms with Crippen LogP contribution >= 0.6 is 0 Å². The molecule has 0 heterocycles. The van der Waals surface area contributed by atoms with Crippen molar-refractivity contribution in [3.8, 4) is 0 Å². The van der Waals surface area contributed by atoms with E-state index in [4.69, 9.17) is 0 Å². The number of rotatable bonds is 4. The van der Waals surface area contributed by atoms with E-state index in [-0.39, 0.29) is 11.8 Å². The summed E-state index contributed by atoms with van der Waals surface area (Å²) in [5.41, 5.74) is 2.52. The van der Waals surface area contributed by atoms with Crippen LogP contribution in [0, 0.1) is 5.82 Å². The van der Waals surface area contributed by atoms with Gasteiger partial charge in [0.1, 0.15) is 5.82 Å². The van der Waals surface area contributed by atoms with E-state index in [1.807, 2.05) is 43.3 Å². The lowest BCUT2D eigenvalue weighted by Crippen LogP contribution is -2.28. The first-order chi connectivity index (χ1) is 10.0. The maximum atomic E-state index is 13.0. The first-order valence-corrected chi connectivity index (χ1v) is 6.61. The highest BCUT2D eigenvalue weighted by Gasteiger charge is 2.03. The maximum Gasteiger partial charge on any atom is 0.319 e. The van der Waals surface area contributed by atoms with Crippen molar-refractivity contribution in [2.75, 3.05) is 24.3 Å². The highest BCUT2D eigenvalue weighted by atomic mass is 19.1. The van der Waals surface area contributed by atoms with E-state index >= 15 is 0 Å². The van der Waals surface area contributed by atoms with Crippen molar-refractivity contribution in [2.24, 2.45) is 0 Å². The fourth-order valence-corrected chi connectivity index (χ4v) is 1.84. The van der Waals surface area contributed by atoms with E-state index in [9.17, 15) is 9.18 Å². The summed E-state index contributed by atoms with van der Waals surface area (Å²) in [5.74, 6) is -0.382. The number of benzene rings is 2. The minimum Gasteiger partial charge on any atom is -0.378 e. The van der Waals surface area contributed by atoms with Crippen LogP contribution in [-0.4, -0.2) is 20.1 Å². The van der Waals surface area contributed by atoms with Crippen LogP contribution in [0.4, 0.5) is 20.6 Å². The van der Waals surface area contributed by atoms with E-state index < -0.39 is 0 Å². The second-order valence-electron chi connectivity index (χ2n) is 4.88. The fraction of sp³-hybridized carbons (Fsp3) is 0.188. The Morgan fingerprint density at radius 1 is 1.14 bits per heavy atom. The smallest absolute Gasteiger partial charge is 0.319 e. The van der Waals surface area contributed by atoms with E-state index in [0.717, 1.165) is 11.3 Å². The van der Waals surface area contributed by atoms with E-state index in [1.54, 1.807) is 12.1 Å². The van der Waals surface area contributed by atoms with Crippen LogP contribution in [0.1, 0.15) is 5.56 Å². The third kappa shape index (κ3) is 4.49. The molecule has 2 amide bonds. The van der Waals surface area contributed by atoms with Gasteiger partial charge >= 0.3 is 6.03 Å². The van der Waals surface area contributed by atoms with Crippen LogP contribution in [0.15, 0.2) is 48.5 Å². The van der Waals surface area contributed by atoms with Crippen LogP contribution in [0.5, 0.6) is 0 Å². The summed E-state index contributed by atoms with van der Waals surface area (Å²) in [6.07, 6.45) is 0. The molecule has 0 saturated carbocycles. The van der Waals surface area contributed by atoms with E-state index in [1.165, 1.54) is 12.1 Å². The van der Waals surface area contributed by atoms with Gasteiger partial charge in [0.15, 0.2) is 0 Å². The molecular weight excluding hydrogens is 269 g/mol. The normalized spacial score (nSPS) is 10.0. The molecule has 2 aromatic rings. The molecule has 4 nitrogen and oxygen atoms in total. The van der Waals surface area contributed by atoms with Gasteiger partial charge < -0.3 is 15.5 Å². The van der Waals surface area contributed by atoms with Crippen molar-refractivity contribution in [1.82, 2.24) is 5.32 Å². The molecule has 2 rings (SSSR count). The van der Waals surface area contributed by atoms with Gasteiger partial charge in [0.2, 0.25) is 0 Å². The molecule has 0 aliphatic rings.